The first-order valence-corrected chi connectivity index (χ1v) is 6.64. The predicted octanol–water partition coefficient (Wildman–Crippen LogP) is 0.870. The molecular weight excluding hydrogens is 228 g/mol. The summed E-state index contributed by atoms with van der Waals surface area (Å²) in [5, 5.41) is 7.31. The number of hydrogen-bond donors (Lipinski definition) is 2. The molecule has 0 aromatic carbocycles. The number of nitrogens with zero attached hydrogens (tertiary/aromatic N) is 2. The lowest BCUT2D eigenvalue weighted by molar-refractivity contribution is -0.126. The average molecular weight is 250 g/mol. The fourth-order valence-electron chi connectivity index (χ4n) is 2.61. The van der Waals surface area contributed by atoms with Crippen LogP contribution in [0.4, 0.5) is 0 Å². The molecule has 1 aliphatic rings. The van der Waals surface area contributed by atoms with Gasteiger partial charge in [-0.1, -0.05) is 19.8 Å². The maximum atomic E-state index is 12.1. The lowest BCUT2D eigenvalue weighted by Gasteiger charge is -2.22. The molecule has 1 amide bonds. The Balaban J connectivity index is 1.96. The number of hydrogen-bond acceptors (Lipinski definition) is 3. The number of nitrogens with two attached hydrogens (primary N) is 1. The summed E-state index contributed by atoms with van der Waals surface area (Å²) in [5.41, 5.74) is 7.58. The Morgan fingerprint density at radius 1 is 1.56 bits per heavy atom. The van der Waals surface area contributed by atoms with Crippen molar-refractivity contribution in [1.29, 1.82) is 0 Å². The minimum absolute atomic E-state index is 0.0223. The van der Waals surface area contributed by atoms with Gasteiger partial charge in [-0.2, -0.15) is 5.10 Å². The van der Waals surface area contributed by atoms with Crippen LogP contribution >= 0.6 is 0 Å². The Kier molecular flexibility index (Phi) is 3.71. The van der Waals surface area contributed by atoms with Crippen molar-refractivity contribution in [2.24, 2.45) is 12.8 Å². The summed E-state index contributed by atoms with van der Waals surface area (Å²) >= 11 is 0. The first-order chi connectivity index (χ1) is 8.55. The number of carbonyl (C=O) groups excluding carboxylic acids is 1. The third-order valence-electron chi connectivity index (χ3n) is 3.71. The van der Waals surface area contributed by atoms with Crippen LogP contribution in [0.2, 0.25) is 0 Å². The molecule has 2 rings (SSSR count). The van der Waals surface area contributed by atoms with Crippen molar-refractivity contribution >= 4 is 5.91 Å². The van der Waals surface area contributed by atoms with E-state index in [9.17, 15) is 4.79 Å². The summed E-state index contributed by atoms with van der Waals surface area (Å²) in [6.45, 7) is 2.59. The standard InChI is InChI=1S/C13H22N4O/c1-3-11-10(9-17(2)16-11)8-15-12(18)13(14)6-4-5-7-13/h9H,3-8,14H2,1-2H3,(H,15,18). The minimum atomic E-state index is -0.644. The van der Waals surface area contributed by atoms with E-state index in [4.69, 9.17) is 5.73 Å². The van der Waals surface area contributed by atoms with Gasteiger partial charge < -0.3 is 11.1 Å². The molecule has 0 saturated heterocycles. The highest BCUT2D eigenvalue weighted by Gasteiger charge is 2.36. The van der Waals surface area contributed by atoms with Crippen LogP contribution in [0.1, 0.15) is 43.9 Å². The summed E-state index contributed by atoms with van der Waals surface area (Å²) < 4.78 is 1.79. The summed E-state index contributed by atoms with van der Waals surface area (Å²) in [6, 6.07) is 0. The highest BCUT2D eigenvalue weighted by atomic mass is 16.2. The molecule has 0 spiro atoms. The van der Waals surface area contributed by atoms with Gasteiger partial charge in [0, 0.05) is 25.4 Å². The largest absolute Gasteiger partial charge is 0.350 e. The molecule has 5 nitrogen and oxygen atoms in total. The number of aryl methyl sites for hydroxylation is 2. The number of amides is 1. The van der Waals surface area contributed by atoms with E-state index in [1.165, 1.54) is 0 Å². The van der Waals surface area contributed by atoms with Crippen LogP contribution < -0.4 is 11.1 Å². The normalized spacial score (nSPS) is 17.9. The van der Waals surface area contributed by atoms with Gasteiger partial charge in [-0.25, -0.2) is 0 Å². The second-order valence-corrected chi connectivity index (χ2v) is 5.17. The molecular formula is C13H22N4O. The third kappa shape index (κ3) is 2.56. The van der Waals surface area contributed by atoms with Gasteiger partial charge in [0.1, 0.15) is 0 Å². The van der Waals surface area contributed by atoms with Crippen molar-refractivity contribution in [2.45, 2.75) is 51.1 Å². The fraction of sp³-hybridized carbons (Fsp3) is 0.692. The van der Waals surface area contributed by atoms with E-state index in [1.807, 2.05) is 13.2 Å². The van der Waals surface area contributed by atoms with E-state index in [1.54, 1.807) is 4.68 Å². The van der Waals surface area contributed by atoms with Crippen molar-refractivity contribution in [3.8, 4) is 0 Å². The van der Waals surface area contributed by atoms with E-state index in [0.717, 1.165) is 43.4 Å². The Hall–Kier alpha value is -1.36. The quantitative estimate of drug-likeness (QED) is 0.833. The first-order valence-electron chi connectivity index (χ1n) is 6.64. The number of aromatic nitrogens is 2. The van der Waals surface area contributed by atoms with Crippen molar-refractivity contribution in [3.05, 3.63) is 17.5 Å². The van der Waals surface area contributed by atoms with E-state index in [0.29, 0.717) is 6.54 Å². The zero-order valence-corrected chi connectivity index (χ0v) is 11.2. The Labute approximate surface area is 108 Å². The van der Waals surface area contributed by atoms with Crippen molar-refractivity contribution in [2.75, 3.05) is 0 Å². The highest BCUT2D eigenvalue weighted by molar-refractivity contribution is 5.86. The molecule has 100 valence electrons. The van der Waals surface area contributed by atoms with E-state index < -0.39 is 5.54 Å². The smallest absolute Gasteiger partial charge is 0.240 e. The van der Waals surface area contributed by atoms with Gasteiger partial charge in [0.05, 0.1) is 11.2 Å². The van der Waals surface area contributed by atoms with Crippen LogP contribution in [0.25, 0.3) is 0 Å². The highest BCUT2D eigenvalue weighted by Crippen LogP contribution is 2.27. The third-order valence-corrected chi connectivity index (χ3v) is 3.71. The molecule has 0 unspecified atom stereocenters. The molecule has 3 N–H and O–H groups in total. The summed E-state index contributed by atoms with van der Waals surface area (Å²) in [6.07, 6.45) is 6.53. The summed E-state index contributed by atoms with van der Waals surface area (Å²) in [7, 11) is 1.89. The second-order valence-electron chi connectivity index (χ2n) is 5.17. The maximum Gasteiger partial charge on any atom is 0.240 e. The van der Waals surface area contributed by atoms with Gasteiger partial charge in [-0.15, -0.1) is 0 Å². The summed E-state index contributed by atoms with van der Waals surface area (Å²) in [5.74, 6) is -0.0223. The molecule has 1 heterocycles. The second kappa shape index (κ2) is 5.10. The van der Waals surface area contributed by atoms with Gasteiger partial charge in [-0.05, 0) is 19.3 Å². The molecule has 1 aromatic rings. The Morgan fingerprint density at radius 3 is 2.83 bits per heavy atom. The lowest BCUT2D eigenvalue weighted by Crippen LogP contribution is -2.51. The number of nitrogens with one attached hydrogen (secondary N) is 1. The average Bonchev–Trinajstić information content (AvgIpc) is 2.93. The minimum Gasteiger partial charge on any atom is -0.350 e. The number of rotatable bonds is 4. The zero-order chi connectivity index (χ0) is 13.2. The zero-order valence-electron chi connectivity index (χ0n) is 11.2. The lowest BCUT2D eigenvalue weighted by atomic mass is 9.98. The molecule has 5 heteroatoms. The Bertz CT molecular complexity index is 432. The number of carbonyl (C=O) groups is 1. The molecule has 0 atom stereocenters. The van der Waals surface area contributed by atoms with Crippen LogP contribution in [-0.2, 0) is 24.8 Å². The van der Waals surface area contributed by atoms with Gasteiger partial charge in [0.25, 0.3) is 0 Å². The molecule has 1 aliphatic carbocycles. The fourth-order valence-corrected chi connectivity index (χ4v) is 2.61. The van der Waals surface area contributed by atoms with Gasteiger partial charge >= 0.3 is 0 Å². The van der Waals surface area contributed by atoms with Crippen LogP contribution in [0.5, 0.6) is 0 Å². The van der Waals surface area contributed by atoms with Crippen LogP contribution in [0.15, 0.2) is 6.20 Å². The molecule has 0 radical (unpaired) electrons. The molecule has 1 aromatic heterocycles. The van der Waals surface area contributed by atoms with E-state index >= 15 is 0 Å². The maximum absolute atomic E-state index is 12.1. The van der Waals surface area contributed by atoms with Crippen LogP contribution in [-0.4, -0.2) is 21.2 Å². The first kappa shape index (κ1) is 13.1. The van der Waals surface area contributed by atoms with Crippen molar-refractivity contribution < 1.29 is 4.79 Å². The van der Waals surface area contributed by atoms with Crippen molar-refractivity contribution in [1.82, 2.24) is 15.1 Å². The molecule has 0 aliphatic heterocycles. The summed E-state index contributed by atoms with van der Waals surface area (Å²) in [4.78, 5) is 12.1. The van der Waals surface area contributed by atoms with Gasteiger partial charge in [0.15, 0.2) is 0 Å². The molecule has 0 bridgehead atoms. The topological polar surface area (TPSA) is 72.9 Å². The van der Waals surface area contributed by atoms with Crippen LogP contribution in [0, 0.1) is 0 Å². The van der Waals surface area contributed by atoms with E-state index in [2.05, 4.69) is 17.3 Å². The van der Waals surface area contributed by atoms with Crippen molar-refractivity contribution in [3.63, 3.8) is 0 Å². The Morgan fingerprint density at radius 2 is 2.22 bits per heavy atom. The molecule has 1 fully saturated rings. The van der Waals surface area contributed by atoms with Crippen LogP contribution in [0.3, 0.4) is 0 Å². The predicted molar refractivity (Wildman–Crippen MR) is 69.8 cm³/mol. The molecule has 18 heavy (non-hydrogen) atoms. The monoisotopic (exact) mass is 250 g/mol. The van der Waals surface area contributed by atoms with Gasteiger partial charge in [-0.3, -0.25) is 9.48 Å². The SMILES string of the molecule is CCc1nn(C)cc1CNC(=O)C1(N)CCCC1. The van der Waals surface area contributed by atoms with Gasteiger partial charge in [0.2, 0.25) is 5.91 Å². The van der Waals surface area contributed by atoms with E-state index in [-0.39, 0.29) is 5.91 Å². The molecule has 1 saturated carbocycles.